The van der Waals surface area contributed by atoms with Gasteiger partial charge in [0.25, 0.3) is 0 Å². The SMILES string of the molecule is Cc1cc(OB(O)O)ccc1OC(F)(F)F. The minimum absolute atomic E-state index is 0.0297. The van der Waals surface area contributed by atoms with Gasteiger partial charge in [-0.1, -0.05) is 0 Å². The second-order valence-electron chi connectivity index (χ2n) is 2.92. The Morgan fingerprint density at radius 2 is 1.88 bits per heavy atom. The van der Waals surface area contributed by atoms with Gasteiger partial charge in [-0.3, -0.25) is 0 Å². The molecule has 0 saturated carbocycles. The molecule has 1 aromatic carbocycles. The molecule has 2 N–H and O–H groups in total. The van der Waals surface area contributed by atoms with Crippen molar-refractivity contribution in [2.45, 2.75) is 13.3 Å². The molecule has 0 aliphatic carbocycles. The Hall–Kier alpha value is -1.41. The van der Waals surface area contributed by atoms with Crippen LogP contribution in [-0.4, -0.2) is 23.7 Å². The van der Waals surface area contributed by atoms with Crippen LogP contribution in [0.3, 0.4) is 0 Å². The van der Waals surface area contributed by atoms with E-state index in [1.165, 1.54) is 13.0 Å². The molecule has 0 heterocycles. The van der Waals surface area contributed by atoms with Gasteiger partial charge in [0.15, 0.2) is 0 Å². The maximum Gasteiger partial charge on any atom is 0.707 e. The zero-order valence-electron chi connectivity index (χ0n) is 8.15. The van der Waals surface area contributed by atoms with E-state index in [0.29, 0.717) is 0 Å². The van der Waals surface area contributed by atoms with Crippen LogP contribution in [0.4, 0.5) is 13.2 Å². The lowest BCUT2D eigenvalue weighted by atomic mass is 10.2. The van der Waals surface area contributed by atoms with E-state index in [0.717, 1.165) is 12.1 Å². The molecular weight excluding hydrogens is 228 g/mol. The van der Waals surface area contributed by atoms with Crippen molar-refractivity contribution in [3.63, 3.8) is 0 Å². The van der Waals surface area contributed by atoms with E-state index in [4.69, 9.17) is 10.0 Å². The van der Waals surface area contributed by atoms with Gasteiger partial charge in [-0.25, -0.2) is 0 Å². The summed E-state index contributed by atoms with van der Waals surface area (Å²) >= 11 is 0. The maximum atomic E-state index is 11.9. The van der Waals surface area contributed by atoms with Crippen LogP contribution in [0, 0.1) is 6.92 Å². The Bertz CT molecular complexity index is 367. The molecule has 0 unspecified atom stereocenters. The zero-order valence-corrected chi connectivity index (χ0v) is 8.15. The Balaban J connectivity index is 2.83. The number of benzene rings is 1. The maximum absolute atomic E-state index is 11.9. The molecule has 16 heavy (non-hydrogen) atoms. The van der Waals surface area contributed by atoms with E-state index in [1.807, 2.05) is 0 Å². The lowest BCUT2D eigenvalue weighted by molar-refractivity contribution is -0.274. The predicted octanol–water partition coefficient (Wildman–Crippen LogP) is 1.24. The standard InChI is InChI=1S/C8H8BF3O4/c1-5-4-6(16-9(13)14)2-3-7(5)15-8(10,11)12/h2-4,13-14H,1H3. The summed E-state index contributed by atoms with van der Waals surface area (Å²) in [5.74, 6) is -0.339. The van der Waals surface area contributed by atoms with Crippen molar-refractivity contribution in [2.75, 3.05) is 0 Å². The van der Waals surface area contributed by atoms with Gasteiger partial charge in [-0.05, 0) is 30.7 Å². The first kappa shape index (κ1) is 12.7. The van der Waals surface area contributed by atoms with Gasteiger partial charge in [0.1, 0.15) is 11.5 Å². The predicted molar refractivity (Wildman–Crippen MR) is 48.7 cm³/mol. The molecule has 0 fully saturated rings. The van der Waals surface area contributed by atoms with Gasteiger partial charge in [0.05, 0.1) is 0 Å². The number of hydrogen-bond donors (Lipinski definition) is 2. The van der Waals surface area contributed by atoms with E-state index in [2.05, 4.69) is 9.39 Å². The van der Waals surface area contributed by atoms with E-state index < -0.39 is 13.7 Å². The van der Waals surface area contributed by atoms with E-state index >= 15 is 0 Å². The van der Waals surface area contributed by atoms with Crippen LogP contribution in [-0.2, 0) is 0 Å². The Kier molecular flexibility index (Phi) is 3.66. The monoisotopic (exact) mass is 236 g/mol. The quantitative estimate of drug-likeness (QED) is 0.775. The second-order valence-corrected chi connectivity index (χ2v) is 2.92. The summed E-state index contributed by atoms with van der Waals surface area (Å²) in [5, 5.41) is 16.9. The largest absolute Gasteiger partial charge is 0.707 e. The smallest absolute Gasteiger partial charge is 0.512 e. The summed E-state index contributed by atoms with van der Waals surface area (Å²) in [6.07, 6.45) is -4.76. The van der Waals surface area contributed by atoms with Crippen LogP contribution in [0.15, 0.2) is 18.2 Å². The van der Waals surface area contributed by atoms with Crippen molar-refractivity contribution in [3.8, 4) is 11.5 Å². The molecule has 88 valence electrons. The van der Waals surface area contributed by atoms with Crippen LogP contribution in [0.1, 0.15) is 5.56 Å². The number of hydrogen-bond acceptors (Lipinski definition) is 4. The Morgan fingerprint density at radius 3 is 2.31 bits per heavy atom. The lowest BCUT2D eigenvalue weighted by Crippen LogP contribution is -2.21. The van der Waals surface area contributed by atoms with Crippen LogP contribution < -0.4 is 9.39 Å². The van der Waals surface area contributed by atoms with Crippen molar-refractivity contribution >= 4 is 7.32 Å². The summed E-state index contributed by atoms with van der Waals surface area (Å²) in [6, 6.07) is 3.36. The number of rotatable bonds is 3. The molecule has 0 spiro atoms. The van der Waals surface area contributed by atoms with Gasteiger partial charge < -0.3 is 19.4 Å². The average Bonchev–Trinajstić information content (AvgIpc) is 2.06. The highest BCUT2D eigenvalue weighted by Gasteiger charge is 2.31. The fourth-order valence-electron chi connectivity index (χ4n) is 1.06. The van der Waals surface area contributed by atoms with Gasteiger partial charge >= 0.3 is 13.7 Å². The van der Waals surface area contributed by atoms with Crippen LogP contribution in [0.25, 0.3) is 0 Å². The molecule has 0 amide bonds. The molecule has 8 heteroatoms. The molecule has 0 radical (unpaired) electrons. The molecule has 0 saturated heterocycles. The van der Waals surface area contributed by atoms with Crippen molar-refractivity contribution < 1.29 is 32.6 Å². The van der Waals surface area contributed by atoms with Crippen molar-refractivity contribution in [1.82, 2.24) is 0 Å². The summed E-state index contributed by atoms with van der Waals surface area (Å²) in [7, 11) is -2.02. The average molecular weight is 236 g/mol. The van der Waals surface area contributed by atoms with Gasteiger partial charge in [-0.2, -0.15) is 0 Å². The van der Waals surface area contributed by atoms with E-state index in [1.54, 1.807) is 0 Å². The highest BCUT2D eigenvalue weighted by atomic mass is 19.4. The molecule has 4 nitrogen and oxygen atoms in total. The molecule has 1 aromatic rings. The summed E-state index contributed by atoms with van der Waals surface area (Å²) in [5.41, 5.74) is 0.162. The Morgan fingerprint density at radius 1 is 1.25 bits per heavy atom. The second kappa shape index (κ2) is 4.62. The van der Waals surface area contributed by atoms with E-state index in [-0.39, 0.29) is 17.1 Å². The fourth-order valence-corrected chi connectivity index (χ4v) is 1.06. The molecule has 0 aliphatic rings. The van der Waals surface area contributed by atoms with E-state index in [9.17, 15) is 13.2 Å². The minimum atomic E-state index is -4.76. The zero-order chi connectivity index (χ0) is 12.3. The van der Waals surface area contributed by atoms with Gasteiger partial charge in [0, 0.05) is 0 Å². The highest BCUT2D eigenvalue weighted by molar-refractivity contribution is 6.33. The first-order valence-corrected chi connectivity index (χ1v) is 4.17. The molecule has 0 atom stereocenters. The molecule has 1 rings (SSSR count). The minimum Gasteiger partial charge on any atom is -0.512 e. The number of halogens is 3. The van der Waals surface area contributed by atoms with Gasteiger partial charge in [-0.15, -0.1) is 13.2 Å². The first-order valence-electron chi connectivity index (χ1n) is 4.17. The lowest BCUT2D eigenvalue weighted by Gasteiger charge is -2.12. The third-order valence-corrected chi connectivity index (χ3v) is 1.61. The summed E-state index contributed by atoms with van der Waals surface area (Å²) in [6.45, 7) is 1.37. The van der Waals surface area contributed by atoms with Crippen LogP contribution in [0.5, 0.6) is 11.5 Å². The summed E-state index contributed by atoms with van der Waals surface area (Å²) < 4.78 is 43.9. The van der Waals surface area contributed by atoms with Crippen LogP contribution in [0.2, 0.25) is 0 Å². The highest BCUT2D eigenvalue weighted by Crippen LogP contribution is 2.28. The first-order chi connectivity index (χ1) is 7.28. The molecular formula is C8H8BF3O4. The van der Waals surface area contributed by atoms with Crippen LogP contribution >= 0.6 is 0 Å². The van der Waals surface area contributed by atoms with Crippen molar-refractivity contribution in [3.05, 3.63) is 23.8 Å². The normalized spacial score (nSPS) is 11.1. The van der Waals surface area contributed by atoms with Gasteiger partial charge in [0.2, 0.25) is 0 Å². The molecule has 0 aromatic heterocycles. The number of ether oxygens (including phenoxy) is 1. The molecule has 0 bridgehead atoms. The van der Waals surface area contributed by atoms with Crippen molar-refractivity contribution in [2.24, 2.45) is 0 Å². The third-order valence-electron chi connectivity index (χ3n) is 1.61. The van der Waals surface area contributed by atoms with Crippen molar-refractivity contribution in [1.29, 1.82) is 0 Å². The number of alkyl halides is 3. The topological polar surface area (TPSA) is 58.9 Å². The summed E-state index contributed by atoms with van der Waals surface area (Å²) in [4.78, 5) is 0. The molecule has 0 aliphatic heterocycles. The fraction of sp³-hybridized carbons (Fsp3) is 0.250. The Labute approximate surface area is 89.4 Å². The number of aryl methyl sites for hydroxylation is 1. The third kappa shape index (κ3) is 3.99.